The molecule has 1 heterocycles. The predicted octanol–water partition coefficient (Wildman–Crippen LogP) is 6.91. The Morgan fingerprint density at radius 1 is 1.02 bits per heavy atom. The molecule has 4 aromatic carbocycles. The predicted molar refractivity (Wildman–Crippen MR) is 159 cm³/mol. The van der Waals surface area contributed by atoms with Crippen LogP contribution in [0.2, 0.25) is 0 Å². The number of fused-ring (bicyclic) bond motifs is 1. The van der Waals surface area contributed by atoms with Gasteiger partial charge in [-0.1, -0.05) is 45.8 Å². The van der Waals surface area contributed by atoms with E-state index in [1.807, 2.05) is 19.1 Å². The van der Waals surface area contributed by atoms with E-state index in [0.29, 0.717) is 36.5 Å². The molecule has 0 N–H and O–H groups in total. The molecular formula is C29H18Br2N4O5. The van der Waals surface area contributed by atoms with E-state index >= 15 is 0 Å². The van der Waals surface area contributed by atoms with Gasteiger partial charge in [-0.3, -0.25) is 14.9 Å². The summed E-state index contributed by atoms with van der Waals surface area (Å²) in [7, 11) is 0. The molecule has 0 saturated carbocycles. The second-order valence-corrected chi connectivity index (χ2v) is 10.4. The highest BCUT2D eigenvalue weighted by Crippen LogP contribution is 2.33. The van der Waals surface area contributed by atoms with Gasteiger partial charge in [0, 0.05) is 27.7 Å². The first-order valence-electron chi connectivity index (χ1n) is 11.8. The van der Waals surface area contributed by atoms with Crippen LogP contribution in [-0.4, -0.2) is 26.8 Å². The number of nitro groups is 1. The highest BCUT2D eigenvalue weighted by atomic mass is 79.9. The third-order valence-electron chi connectivity index (χ3n) is 5.92. The Bertz CT molecular complexity index is 1870. The van der Waals surface area contributed by atoms with Crippen molar-refractivity contribution in [3.05, 3.63) is 131 Å². The zero-order chi connectivity index (χ0) is 28.4. The van der Waals surface area contributed by atoms with Crippen molar-refractivity contribution >= 4 is 60.6 Å². The maximum absolute atomic E-state index is 13.5. The van der Waals surface area contributed by atoms with Gasteiger partial charge in [0.1, 0.15) is 0 Å². The molecule has 5 rings (SSSR count). The van der Waals surface area contributed by atoms with Gasteiger partial charge < -0.3 is 4.74 Å². The number of para-hydroxylation sites is 1. The number of rotatable bonds is 6. The molecule has 0 aliphatic carbocycles. The van der Waals surface area contributed by atoms with Crippen molar-refractivity contribution in [2.24, 2.45) is 5.10 Å². The molecule has 11 heteroatoms. The molecule has 1 aromatic heterocycles. The summed E-state index contributed by atoms with van der Waals surface area (Å²) < 4.78 is 8.01. The fraction of sp³-hybridized carbons (Fsp3) is 0.0345. The van der Waals surface area contributed by atoms with E-state index in [9.17, 15) is 19.7 Å². The van der Waals surface area contributed by atoms with Crippen LogP contribution in [0.4, 0.5) is 5.69 Å². The summed E-state index contributed by atoms with van der Waals surface area (Å²) in [5.74, 6) is -0.174. The standard InChI is InChI=1S/C29H18Br2N4O5/c1-17-6-8-19(9-7-17)29(37)40-26-20(14-21(30)15-24(26)31)16-32-34-27(18-10-12-22(13-11-18)35(38)39)33-25-5-3-2-4-23(25)28(34)36/h2-16H,1H3. The van der Waals surface area contributed by atoms with Crippen molar-refractivity contribution in [3.63, 3.8) is 0 Å². The molecule has 0 atom stereocenters. The fourth-order valence-corrected chi connectivity index (χ4v) is 5.23. The Balaban J connectivity index is 1.62. The van der Waals surface area contributed by atoms with Crippen LogP contribution >= 0.6 is 31.9 Å². The highest BCUT2D eigenvalue weighted by Gasteiger charge is 2.17. The maximum atomic E-state index is 13.5. The van der Waals surface area contributed by atoms with E-state index < -0.39 is 16.5 Å². The van der Waals surface area contributed by atoms with Gasteiger partial charge in [0.05, 0.1) is 32.1 Å². The van der Waals surface area contributed by atoms with E-state index in [-0.39, 0.29) is 17.3 Å². The van der Waals surface area contributed by atoms with E-state index in [2.05, 4.69) is 41.9 Å². The minimum Gasteiger partial charge on any atom is -0.421 e. The summed E-state index contributed by atoms with van der Waals surface area (Å²) in [6.07, 6.45) is 1.39. The first kappa shape index (κ1) is 27.1. The molecule has 0 spiro atoms. The highest BCUT2D eigenvalue weighted by molar-refractivity contribution is 9.11. The van der Waals surface area contributed by atoms with Crippen LogP contribution in [0.15, 0.2) is 104 Å². The third-order valence-corrected chi connectivity index (χ3v) is 6.97. The number of ether oxygens (including phenoxy) is 1. The lowest BCUT2D eigenvalue weighted by atomic mass is 10.1. The molecule has 0 saturated heterocycles. The first-order valence-corrected chi connectivity index (χ1v) is 13.4. The molecule has 0 unspecified atom stereocenters. The summed E-state index contributed by atoms with van der Waals surface area (Å²) in [4.78, 5) is 41.7. The van der Waals surface area contributed by atoms with Crippen molar-refractivity contribution in [3.8, 4) is 17.1 Å². The van der Waals surface area contributed by atoms with Gasteiger partial charge in [-0.25, -0.2) is 9.78 Å². The second-order valence-electron chi connectivity index (χ2n) is 8.68. The Hall–Kier alpha value is -4.48. The summed E-state index contributed by atoms with van der Waals surface area (Å²) in [6, 6.07) is 22.9. The number of hydrogen-bond acceptors (Lipinski definition) is 7. The fourth-order valence-electron chi connectivity index (χ4n) is 3.89. The largest absolute Gasteiger partial charge is 0.421 e. The van der Waals surface area contributed by atoms with Crippen LogP contribution in [0.1, 0.15) is 21.5 Å². The molecule has 0 aliphatic heterocycles. The number of hydrogen-bond donors (Lipinski definition) is 0. The molecule has 40 heavy (non-hydrogen) atoms. The van der Waals surface area contributed by atoms with Crippen molar-refractivity contribution in [2.75, 3.05) is 0 Å². The average molecular weight is 662 g/mol. The number of aryl methyl sites for hydroxylation is 1. The van der Waals surface area contributed by atoms with Crippen LogP contribution < -0.4 is 10.3 Å². The maximum Gasteiger partial charge on any atom is 0.343 e. The molecule has 0 fully saturated rings. The summed E-state index contributed by atoms with van der Waals surface area (Å²) in [5.41, 5.74) is 2.14. The van der Waals surface area contributed by atoms with Crippen LogP contribution in [0.3, 0.4) is 0 Å². The zero-order valence-corrected chi connectivity index (χ0v) is 23.9. The molecule has 0 radical (unpaired) electrons. The van der Waals surface area contributed by atoms with Crippen LogP contribution in [-0.2, 0) is 0 Å². The molecule has 9 nitrogen and oxygen atoms in total. The number of esters is 1. The van der Waals surface area contributed by atoms with Crippen LogP contribution in [0.25, 0.3) is 22.3 Å². The molecule has 0 aliphatic rings. The molecule has 0 bridgehead atoms. The Morgan fingerprint density at radius 2 is 1.73 bits per heavy atom. The average Bonchev–Trinajstić information content (AvgIpc) is 2.94. The van der Waals surface area contributed by atoms with Gasteiger partial charge in [-0.15, -0.1) is 0 Å². The summed E-state index contributed by atoms with van der Waals surface area (Å²) in [5, 5.41) is 15.9. The van der Waals surface area contributed by atoms with Crippen molar-refractivity contribution in [1.29, 1.82) is 0 Å². The van der Waals surface area contributed by atoms with Gasteiger partial charge in [0.15, 0.2) is 11.6 Å². The Morgan fingerprint density at radius 3 is 2.42 bits per heavy atom. The van der Waals surface area contributed by atoms with Gasteiger partial charge in [0.2, 0.25) is 0 Å². The van der Waals surface area contributed by atoms with E-state index in [0.717, 1.165) is 10.2 Å². The van der Waals surface area contributed by atoms with Gasteiger partial charge in [-0.2, -0.15) is 9.78 Å². The van der Waals surface area contributed by atoms with E-state index in [1.165, 1.54) is 30.5 Å². The smallest absolute Gasteiger partial charge is 0.343 e. The first-order chi connectivity index (χ1) is 19.2. The van der Waals surface area contributed by atoms with Crippen molar-refractivity contribution in [2.45, 2.75) is 6.92 Å². The molecule has 198 valence electrons. The quantitative estimate of drug-likeness (QED) is 0.0642. The number of carbonyl (C=O) groups is 1. The number of non-ortho nitro benzene ring substituents is 1. The number of nitro benzene ring substituents is 1. The zero-order valence-electron chi connectivity index (χ0n) is 20.7. The lowest BCUT2D eigenvalue weighted by Crippen LogP contribution is -2.20. The molecule has 5 aromatic rings. The van der Waals surface area contributed by atoms with Gasteiger partial charge in [0.25, 0.3) is 11.2 Å². The SMILES string of the molecule is Cc1ccc(C(=O)Oc2c(Br)cc(Br)cc2C=Nn2c(-c3ccc([N+](=O)[O-])cc3)nc3ccccc3c2=O)cc1. The van der Waals surface area contributed by atoms with Gasteiger partial charge >= 0.3 is 5.97 Å². The van der Waals surface area contributed by atoms with E-state index in [4.69, 9.17) is 4.74 Å². The second kappa shape index (κ2) is 11.3. The lowest BCUT2D eigenvalue weighted by Gasteiger charge is -2.12. The van der Waals surface area contributed by atoms with Crippen molar-refractivity contribution < 1.29 is 14.5 Å². The van der Waals surface area contributed by atoms with E-state index in [1.54, 1.807) is 48.5 Å². The number of aromatic nitrogens is 2. The number of nitrogens with zero attached hydrogens (tertiary/aromatic N) is 4. The topological polar surface area (TPSA) is 117 Å². The van der Waals surface area contributed by atoms with Crippen LogP contribution in [0.5, 0.6) is 5.75 Å². The number of halogens is 2. The van der Waals surface area contributed by atoms with Crippen molar-refractivity contribution in [1.82, 2.24) is 9.66 Å². The Kier molecular flexibility index (Phi) is 7.67. The normalized spacial score (nSPS) is 11.2. The number of benzene rings is 4. The molecule has 0 amide bonds. The third kappa shape index (κ3) is 5.61. The van der Waals surface area contributed by atoms with Gasteiger partial charge in [-0.05, 0) is 71.4 Å². The number of carbonyl (C=O) groups excluding carboxylic acids is 1. The Labute approximate surface area is 244 Å². The lowest BCUT2D eigenvalue weighted by molar-refractivity contribution is -0.384. The minimum absolute atomic E-state index is 0.0963. The molecular weight excluding hydrogens is 644 g/mol. The summed E-state index contributed by atoms with van der Waals surface area (Å²) in [6.45, 7) is 1.92. The minimum atomic E-state index is -0.561. The van der Waals surface area contributed by atoms with Crippen LogP contribution in [0, 0.1) is 17.0 Å². The summed E-state index contributed by atoms with van der Waals surface area (Å²) >= 11 is 6.89. The monoisotopic (exact) mass is 660 g/mol.